The van der Waals surface area contributed by atoms with Crippen molar-refractivity contribution in [3.05, 3.63) is 0 Å². The molecule has 0 unspecified atom stereocenters. The van der Waals surface area contributed by atoms with Gasteiger partial charge in [0.1, 0.15) is 0 Å². The van der Waals surface area contributed by atoms with Crippen molar-refractivity contribution in [2.24, 2.45) is 3.95 Å². The molecular formula is H2I3N. The van der Waals surface area contributed by atoms with Gasteiger partial charge in [-0.15, -0.1) is 0 Å². The van der Waals surface area contributed by atoms with E-state index in [4.69, 9.17) is 3.95 Å². The molecule has 0 radical (unpaired) electrons. The van der Waals surface area contributed by atoms with E-state index in [0.29, 0.717) is 0 Å². The third-order valence-corrected chi connectivity index (χ3v) is 0. The average molecular weight is 397 g/mol. The Bertz CT molecular complexity index is 8.00. The number of halogens is 3. The second-order valence-electron chi connectivity index (χ2n) is 0.219. The molecule has 0 aliphatic heterocycles. The van der Waals surface area contributed by atoms with Gasteiger partial charge >= 0.3 is 53.3 Å². The second kappa shape index (κ2) is 3.34. The van der Waals surface area contributed by atoms with E-state index in [1.165, 1.54) is 0 Å². The monoisotopic (exact) mass is 397 g/mol. The van der Waals surface area contributed by atoms with Crippen LogP contribution in [-0.4, -0.2) is 0 Å². The van der Waals surface area contributed by atoms with E-state index >= 15 is 0 Å². The zero-order valence-corrected chi connectivity index (χ0v) is 8.18. The summed E-state index contributed by atoms with van der Waals surface area (Å²) in [7, 11) is 0. The SMILES string of the molecule is NI(I)I. The first-order valence-corrected chi connectivity index (χ1v) is 14.3. The van der Waals surface area contributed by atoms with Gasteiger partial charge < -0.3 is 0 Å². The van der Waals surface area contributed by atoms with Gasteiger partial charge in [0.2, 0.25) is 0 Å². The van der Waals surface area contributed by atoms with Crippen LogP contribution < -0.4 is 3.95 Å². The maximum absolute atomic E-state index is 5.24. The molecule has 0 rings (SSSR count). The molecule has 0 aromatic rings. The Morgan fingerprint density at radius 1 is 1.50 bits per heavy atom. The number of nitrogens with two attached hydrogens (primary N) is 1. The summed E-state index contributed by atoms with van der Waals surface area (Å²) in [4.78, 5) is 0. The fraction of sp³-hybridized carbons (Fsp3) is 0. The third-order valence-electron chi connectivity index (χ3n) is 0. The first-order valence-electron chi connectivity index (χ1n) is 0.504. The Kier molecular flexibility index (Phi) is 5.14. The predicted octanol–water partition coefficient (Wildman–Crippen LogP) is 2.07. The summed E-state index contributed by atoms with van der Waals surface area (Å²) in [6.45, 7) is 0. The third kappa shape index (κ3) is 8.91. The molecule has 0 saturated heterocycles. The van der Waals surface area contributed by atoms with Gasteiger partial charge in [0, 0.05) is 0 Å². The molecule has 28 valence electrons. The Morgan fingerprint density at radius 3 is 1.50 bits per heavy atom. The standard InChI is InChI=1S/H2I3N/c1-3(2)4/h4H2. The van der Waals surface area contributed by atoms with E-state index in [-0.39, 0.29) is 0 Å². The second-order valence-corrected chi connectivity index (χ2v) is 23.7. The molecule has 0 heterocycles. The van der Waals surface area contributed by atoms with Crippen molar-refractivity contribution in [2.75, 3.05) is 0 Å². The molecule has 0 bridgehead atoms. The van der Waals surface area contributed by atoms with E-state index in [2.05, 4.69) is 37.2 Å². The van der Waals surface area contributed by atoms with Gasteiger partial charge in [-0.05, 0) is 0 Å². The van der Waals surface area contributed by atoms with Gasteiger partial charge in [0.05, 0.1) is 0 Å². The van der Waals surface area contributed by atoms with Crippen molar-refractivity contribution in [3.8, 4) is 0 Å². The Morgan fingerprint density at radius 2 is 1.50 bits per heavy atom. The van der Waals surface area contributed by atoms with E-state index < -0.39 is 12.1 Å². The van der Waals surface area contributed by atoms with Crippen molar-refractivity contribution in [3.63, 3.8) is 0 Å². The minimum absolute atomic E-state index is 0.823. The molecule has 0 atom stereocenters. The van der Waals surface area contributed by atoms with Gasteiger partial charge in [0.15, 0.2) is 0 Å². The Hall–Kier alpha value is 2.15. The zero-order valence-electron chi connectivity index (χ0n) is 1.71. The van der Waals surface area contributed by atoms with Crippen LogP contribution in [0.1, 0.15) is 0 Å². The summed E-state index contributed by atoms with van der Waals surface area (Å²) in [5.74, 6) is 0. The molecule has 4 heteroatoms. The molecule has 1 nitrogen and oxygen atoms in total. The van der Waals surface area contributed by atoms with Crippen LogP contribution in [0.4, 0.5) is 0 Å². The topological polar surface area (TPSA) is 26.0 Å². The van der Waals surface area contributed by atoms with E-state index in [1.54, 1.807) is 0 Å². The van der Waals surface area contributed by atoms with Crippen LogP contribution in [0.5, 0.6) is 0 Å². The van der Waals surface area contributed by atoms with E-state index in [1.807, 2.05) is 0 Å². The molecule has 0 aliphatic rings. The molecule has 0 aliphatic carbocycles. The predicted molar refractivity (Wildman–Crippen MR) is 46.2 cm³/mol. The number of rotatable bonds is 0. The Balaban J connectivity index is 2.32. The zero-order chi connectivity index (χ0) is 3.58. The van der Waals surface area contributed by atoms with Crippen LogP contribution in [0.3, 0.4) is 0 Å². The summed E-state index contributed by atoms with van der Waals surface area (Å²) in [6.07, 6.45) is 0. The number of hydrogen-bond acceptors (Lipinski definition) is 1. The summed E-state index contributed by atoms with van der Waals surface area (Å²) >= 11 is 3.71. The molecule has 2 N–H and O–H groups in total. The van der Waals surface area contributed by atoms with E-state index in [9.17, 15) is 0 Å². The van der Waals surface area contributed by atoms with Crippen molar-refractivity contribution < 1.29 is 0 Å². The van der Waals surface area contributed by atoms with Crippen LogP contribution in [0.25, 0.3) is 0 Å². The van der Waals surface area contributed by atoms with Gasteiger partial charge in [-0.2, -0.15) is 0 Å². The van der Waals surface area contributed by atoms with Gasteiger partial charge in [-0.1, -0.05) is 0 Å². The van der Waals surface area contributed by atoms with Crippen molar-refractivity contribution in [1.29, 1.82) is 0 Å². The van der Waals surface area contributed by atoms with Gasteiger partial charge in [-0.25, -0.2) is 0 Å². The quantitative estimate of drug-likeness (QED) is 0.492. The first kappa shape index (κ1) is 6.15. The van der Waals surface area contributed by atoms with Gasteiger partial charge in [-0.3, -0.25) is 0 Å². The summed E-state index contributed by atoms with van der Waals surface area (Å²) in [5, 5.41) is 0. The molecule has 0 aromatic carbocycles. The van der Waals surface area contributed by atoms with Crippen LogP contribution in [-0.2, 0) is 0 Å². The maximum atomic E-state index is 5.24. The normalized spacial score (nSPS) is 11.2. The molecule has 4 heavy (non-hydrogen) atoms. The molecule has 0 fully saturated rings. The molecule has 0 amide bonds. The average Bonchev–Trinajstić information content (AvgIpc) is 0.811. The molecule has 0 saturated carbocycles. The summed E-state index contributed by atoms with van der Waals surface area (Å²) in [6, 6.07) is 0. The van der Waals surface area contributed by atoms with Crippen LogP contribution in [0.2, 0.25) is 0 Å². The summed E-state index contributed by atoms with van der Waals surface area (Å²) in [5.41, 5.74) is 0. The summed E-state index contributed by atoms with van der Waals surface area (Å²) < 4.78 is 5.24. The fourth-order valence-electron chi connectivity index (χ4n) is 0. The molecular weight excluding hydrogens is 395 g/mol. The van der Waals surface area contributed by atoms with E-state index in [0.717, 1.165) is 0 Å². The van der Waals surface area contributed by atoms with Crippen LogP contribution in [0, 0.1) is 0 Å². The fourth-order valence-corrected chi connectivity index (χ4v) is 0. The van der Waals surface area contributed by atoms with Crippen LogP contribution in [0.15, 0.2) is 0 Å². The minimum atomic E-state index is -0.823. The van der Waals surface area contributed by atoms with Crippen molar-refractivity contribution in [1.82, 2.24) is 0 Å². The molecule has 0 aromatic heterocycles. The van der Waals surface area contributed by atoms with Crippen LogP contribution >= 0.6 is 49.4 Å². The first-order chi connectivity index (χ1) is 1.73. The van der Waals surface area contributed by atoms with Crippen molar-refractivity contribution in [2.45, 2.75) is 0 Å². The Labute approximate surface area is 52.2 Å². The molecule has 0 spiro atoms. The van der Waals surface area contributed by atoms with Crippen molar-refractivity contribution >= 4 is 49.4 Å². The number of hydrogen-bond donors (Lipinski definition) is 1. The van der Waals surface area contributed by atoms with Gasteiger partial charge in [0.25, 0.3) is 0 Å².